The number of aromatic nitrogens is 5. The molecule has 0 aliphatic rings. The molecule has 4 rings (SSSR count). The first-order valence-electron chi connectivity index (χ1n) is 10.1. The molecular weight excluding hydrogens is 479 g/mol. The highest BCUT2D eigenvalue weighted by Crippen LogP contribution is 2.33. The number of nitrogens with one attached hydrogen (secondary N) is 1. The summed E-state index contributed by atoms with van der Waals surface area (Å²) in [5, 5.41) is 15.9. The van der Waals surface area contributed by atoms with E-state index in [-0.39, 0.29) is 39.8 Å². The number of carboxylic acids is 1. The van der Waals surface area contributed by atoms with Crippen LogP contribution in [0.25, 0.3) is 21.8 Å². The predicted octanol–water partition coefficient (Wildman–Crippen LogP) is 5.05. The first-order chi connectivity index (χ1) is 17.1. The number of aromatic carboxylic acids is 1. The van der Waals surface area contributed by atoms with Crippen LogP contribution in [0, 0.1) is 13.5 Å². The zero-order valence-electron chi connectivity index (χ0n) is 18.7. The van der Waals surface area contributed by atoms with Crippen molar-refractivity contribution in [2.45, 2.75) is 13.1 Å². The number of benzene rings is 1. The third-order valence-corrected chi connectivity index (χ3v) is 4.96. The fraction of sp³-hybridized carbons (Fsp3) is 0.130. The summed E-state index contributed by atoms with van der Waals surface area (Å²) in [5.41, 5.74) is 0.0278. The lowest BCUT2D eigenvalue weighted by Crippen LogP contribution is -2.11. The molecule has 36 heavy (non-hydrogen) atoms. The number of anilines is 2. The number of nitrogens with zero attached hydrogens (tertiary/aromatic N) is 6. The van der Waals surface area contributed by atoms with E-state index in [1.807, 2.05) is 0 Å². The summed E-state index contributed by atoms with van der Waals surface area (Å²) in [6.07, 6.45) is -0.889. The molecule has 0 unspecified atom stereocenters. The Kier molecular flexibility index (Phi) is 6.26. The molecular formula is C23H16F3N7O3. The molecule has 0 saturated heterocycles. The van der Waals surface area contributed by atoms with Crippen LogP contribution in [-0.2, 0) is 6.18 Å². The van der Waals surface area contributed by atoms with Gasteiger partial charge in [0.05, 0.1) is 19.2 Å². The maximum Gasteiger partial charge on any atom is 0.435 e. The number of methoxy groups -OCH3 is 1. The molecule has 0 atom stereocenters. The van der Waals surface area contributed by atoms with Gasteiger partial charge in [-0.3, -0.25) is 4.98 Å². The number of hydrogen-bond donors (Lipinski definition) is 2. The third-order valence-electron chi connectivity index (χ3n) is 4.96. The van der Waals surface area contributed by atoms with Gasteiger partial charge in [-0.25, -0.2) is 19.3 Å². The Labute approximate surface area is 201 Å². The highest BCUT2D eigenvalue weighted by Gasteiger charge is 2.35. The van der Waals surface area contributed by atoms with Crippen LogP contribution in [0.4, 0.5) is 30.5 Å². The lowest BCUT2D eigenvalue weighted by atomic mass is 10.1. The van der Waals surface area contributed by atoms with E-state index >= 15 is 0 Å². The molecule has 0 spiro atoms. The molecule has 0 aliphatic heterocycles. The maximum atomic E-state index is 13.3. The topological polar surface area (TPSA) is 119 Å². The molecule has 10 nitrogen and oxygen atoms in total. The van der Waals surface area contributed by atoms with E-state index in [9.17, 15) is 23.1 Å². The summed E-state index contributed by atoms with van der Waals surface area (Å²) in [5.74, 6) is -0.882. The van der Waals surface area contributed by atoms with Crippen LogP contribution in [0.2, 0.25) is 0 Å². The number of pyridine rings is 1. The van der Waals surface area contributed by atoms with Crippen LogP contribution >= 0.6 is 0 Å². The molecule has 182 valence electrons. The van der Waals surface area contributed by atoms with Crippen LogP contribution < -0.4 is 10.1 Å². The monoisotopic (exact) mass is 495 g/mol. The van der Waals surface area contributed by atoms with Crippen molar-refractivity contribution in [3.8, 4) is 22.7 Å². The van der Waals surface area contributed by atoms with Gasteiger partial charge in [0, 0.05) is 47.2 Å². The van der Waals surface area contributed by atoms with Gasteiger partial charge in [0.25, 0.3) is 0 Å². The van der Waals surface area contributed by atoms with Gasteiger partial charge >= 0.3 is 12.1 Å². The standard InChI is InChI=1S/C23H16F3N7O3/c1-12-4-19(23(24,25)26)32-33(12)20-18(13-5-14(21(34)35)10-28-9-13)11-29-22(31-20)30-16-6-15(27-2)7-17(8-16)36-3/h4-11H,1,3H3,(H,34,35)(H,29,30,31). The van der Waals surface area contributed by atoms with Crippen molar-refractivity contribution >= 4 is 23.3 Å². The molecule has 0 fully saturated rings. The Balaban J connectivity index is 1.87. The van der Waals surface area contributed by atoms with E-state index in [1.165, 1.54) is 44.6 Å². The third kappa shape index (κ3) is 4.92. The van der Waals surface area contributed by atoms with Crippen molar-refractivity contribution in [3.63, 3.8) is 0 Å². The van der Waals surface area contributed by atoms with Crippen molar-refractivity contribution in [2.75, 3.05) is 12.4 Å². The predicted molar refractivity (Wildman–Crippen MR) is 122 cm³/mol. The lowest BCUT2D eigenvalue weighted by molar-refractivity contribution is -0.141. The zero-order valence-corrected chi connectivity index (χ0v) is 18.7. The average Bonchev–Trinajstić information content (AvgIpc) is 3.25. The van der Waals surface area contributed by atoms with Crippen molar-refractivity contribution < 1.29 is 27.8 Å². The minimum absolute atomic E-state index is 0.0104. The van der Waals surface area contributed by atoms with E-state index in [1.54, 1.807) is 6.07 Å². The highest BCUT2D eigenvalue weighted by atomic mass is 19.4. The number of carboxylic acid groups (broad SMARTS) is 1. The Morgan fingerprint density at radius 3 is 2.58 bits per heavy atom. The van der Waals surface area contributed by atoms with E-state index in [2.05, 4.69) is 30.2 Å². The second-order valence-corrected chi connectivity index (χ2v) is 7.44. The van der Waals surface area contributed by atoms with Crippen LogP contribution in [-0.4, -0.2) is 42.9 Å². The summed E-state index contributed by atoms with van der Waals surface area (Å²) in [7, 11) is 1.44. The Hall–Kier alpha value is -4.99. The van der Waals surface area contributed by atoms with Crippen molar-refractivity contribution in [3.05, 3.63) is 77.3 Å². The van der Waals surface area contributed by atoms with Crippen LogP contribution in [0.15, 0.2) is 48.9 Å². The molecule has 1 aromatic carbocycles. The van der Waals surface area contributed by atoms with E-state index in [0.717, 1.165) is 16.9 Å². The van der Waals surface area contributed by atoms with Crippen molar-refractivity contribution in [1.29, 1.82) is 0 Å². The number of carbonyl (C=O) groups is 1. The van der Waals surface area contributed by atoms with Gasteiger partial charge in [-0.05, 0) is 31.2 Å². The molecule has 3 heterocycles. The van der Waals surface area contributed by atoms with Crippen LogP contribution in [0.1, 0.15) is 21.7 Å². The van der Waals surface area contributed by atoms with Gasteiger partial charge < -0.3 is 15.2 Å². The first-order valence-corrected chi connectivity index (χ1v) is 10.1. The van der Waals surface area contributed by atoms with Gasteiger partial charge in [-0.2, -0.15) is 23.3 Å². The molecule has 0 radical (unpaired) electrons. The molecule has 2 N–H and O–H groups in total. The fourth-order valence-corrected chi connectivity index (χ4v) is 3.30. The number of alkyl halides is 3. The van der Waals surface area contributed by atoms with Gasteiger partial charge in [-0.1, -0.05) is 0 Å². The smallest absolute Gasteiger partial charge is 0.435 e. The van der Waals surface area contributed by atoms with Crippen molar-refractivity contribution in [1.82, 2.24) is 24.7 Å². The molecule has 13 heteroatoms. The molecule has 0 aliphatic carbocycles. The lowest BCUT2D eigenvalue weighted by Gasteiger charge is -2.14. The molecule has 0 bridgehead atoms. The summed E-state index contributed by atoms with van der Waals surface area (Å²) in [6.45, 7) is 8.67. The van der Waals surface area contributed by atoms with Gasteiger partial charge in [-0.15, -0.1) is 0 Å². The quantitative estimate of drug-likeness (QED) is 0.357. The molecule has 3 aromatic heterocycles. The second-order valence-electron chi connectivity index (χ2n) is 7.44. The van der Waals surface area contributed by atoms with E-state index in [0.29, 0.717) is 11.4 Å². The number of aryl methyl sites for hydroxylation is 1. The first kappa shape index (κ1) is 24.1. The molecule has 0 saturated carbocycles. The fourth-order valence-electron chi connectivity index (χ4n) is 3.30. The summed E-state index contributed by atoms with van der Waals surface area (Å²) >= 11 is 0. The van der Waals surface area contributed by atoms with E-state index in [4.69, 9.17) is 11.3 Å². The number of ether oxygens (including phenoxy) is 1. The Morgan fingerprint density at radius 1 is 1.17 bits per heavy atom. The van der Waals surface area contributed by atoms with Gasteiger partial charge in [0.15, 0.2) is 17.2 Å². The van der Waals surface area contributed by atoms with Crippen molar-refractivity contribution in [2.24, 2.45) is 0 Å². The largest absolute Gasteiger partial charge is 0.498 e. The maximum absolute atomic E-state index is 13.3. The summed E-state index contributed by atoms with van der Waals surface area (Å²) in [4.78, 5) is 27.3. The van der Waals surface area contributed by atoms with Crippen LogP contribution in [0.5, 0.6) is 5.75 Å². The van der Waals surface area contributed by atoms with Gasteiger partial charge in [0.2, 0.25) is 5.95 Å². The second kappa shape index (κ2) is 9.34. The van der Waals surface area contributed by atoms with E-state index < -0.39 is 17.8 Å². The van der Waals surface area contributed by atoms with Gasteiger partial charge in [0.1, 0.15) is 5.75 Å². The number of halogens is 3. The highest BCUT2D eigenvalue weighted by molar-refractivity contribution is 5.89. The molecule has 0 amide bonds. The molecule has 4 aromatic rings. The summed E-state index contributed by atoms with van der Waals surface area (Å²) < 4.78 is 46.2. The minimum Gasteiger partial charge on any atom is -0.498 e. The Morgan fingerprint density at radius 2 is 1.94 bits per heavy atom. The normalized spacial score (nSPS) is 11.1. The minimum atomic E-state index is -4.69. The number of hydrogen-bond acceptors (Lipinski definition) is 7. The SMILES string of the molecule is [C-]#[N+]c1cc(Nc2ncc(-c3cncc(C(=O)O)c3)c(-n3nc(C(F)(F)F)cc3C)n2)cc(OC)c1. The van der Waals surface area contributed by atoms with Crippen LogP contribution in [0.3, 0.4) is 0 Å². The summed E-state index contributed by atoms with van der Waals surface area (Å²) in [6, 6.07) is 6.81. The Bertz CT molecular complexity index is 1510. The average molecular weight is 495 g/mol. The number of rotatable bonds is 6. The zero-order chi connectivity index (χ0) is 26.0.